The van der Waals surface area contributed by atoms with E-state index in [1.807, 2.05) is 0 Å². The average Bonchev–Trinajstić information content (AvgIpc) is 2.26. The van der Waals surface area contributed by atoms with Gasteiger partial charge in [-0.2, -0.15) is 13.2 Å². The van der Waals surface area contributed by atoms with E-state index in [2.05, 4.69) is 4.98 Å². The van der Waals surface area contributed by atoms with E-state index < -0.39 is 17.8 Å². The van der Waals surface area contributed by atoms with Crippen LogP contribution >= 0.6 is 11.8 Å². The molecule has 1 N–H and O–H groups in total. The summed E-state index contributed by atoms with van der Waals surface area (Å²) in [6, 6.07) is 2.05. The highest BCUT2D eigenvalue weighted by Crippen LogP contribution is 2.31. The van der Waals surface area contributed by atoms with Crippen LogP contribution in [-0.2, 0) is 11.0 Å². The number of nitrogens with zero attached hydrogens (tertiary/aromatic N) is 1. The van der Waals surface area contributed by atoms with E-state index in [9.17, 15) is 18.0 Å². The number of aromatic nitrogens is 1. The Morgan fingerprint density at radius 3 is 2.67 bits per heavy atom. The van der Waals surface area contributed by atoms with Crippen molar-refractivity contribution in [3.05, 3.63) is 29.5 Å². The van der Waals surface area contributed by atoms with Crippen LogP contribution in [0.25, 0.3) is 6.08 Å². The Kier molecular flexibility index (Phi) is 4.77. The molecular weight excluding hydrogens is 267 g/mol. The van der Waals surface area contributed by atoms with E-state index in [1.54, 1.807) is 6.92 Å². The molecule has 0 amide bonds. The van der Waals surface area contributed by atoms with Crippen LogP contribution in [0, 0.1) is 0 Å². The lowest BCUT2D eigenvalue weighted by atomic mass is 10.2. The third-order valence-corrected chi connectivity index (χ3v) is 2.76. The van der Waals surface area contributed by atoms with Gasteiger partial charge in [0.05, 0.1) is 0 Å². The maximum atomic E-state index is 12.5. The first-order chi connectivity index (χ1) is 8.34. The Balaban J connectivity index is 3.16. The number of carboxylic acids is 1. The molecule has 0 spiro atoms. The first kappa shape index (κ1) is 14.6. The number of carboxylic acid groups (broad SMARTS) is 1. The highest BCUT2D eigenvalue weighted by Gasteiger charge is 2.32. The van der Waals surface area contributed by atoms with Gasteiger partial charge >= 0.3 is 12.1 Å². The number of rotatable bonds is 4. The van der Waals surface area contributed by atoms with E-state index in [0.717, 1.165) is 23.9 Å². The van der Waals surface area contributed by atoms with Crippen molar-refractivity contribution in [1.82, 2.24) is 4.98 Å². The number of thioether (sulfide) groups is 1. The molecule has 0 saturated carbocycles. The molecule has 0 aliphatic carbocycles. The summed E-state index contributed by atoms with van der Waals surface area (Å²) in [7, 11) is 0. The highest BCUT2D eigenvalue weighted by molar-refractivity contribution is 7.99. The minimum absolute atomic E-state index is 0.171. The first-order valence-electron chi connectivity index (χ1n) is 4.96. The molecule has 0 aromatic carbocycles. The Bertz CT molecular complexity index is 472. The van der Waals surface area contributed by atoms with Crippen LogP contribution in [0.1, 0.15) is 18.2 Å². The van der Waals surface area contributed by atoms with Gasteiger partial charge in [0, 0.05) is 11.6 Å². The van der Waals surface area contributed by atoms with Crippen molar-refractivity contribution >= 4 is 23.8 Å². The molecule has 1 aromatic heterocycles. The Hall–Kier alpha value is -1.50. The molecule has 1 heterocycles. The number of hydrogen-bond donors (Lipinski definition) is 1. The van der Waals surface area contributed by atoms with Gasteiger partial charge in [-0.15, -0.1) is 11.8 Å². The number of halogens is 3. The van der Waals surface area contributed by atoms with Crippen molar-refractivity contribution in [2.45, 2.75) is 18.1 Å². The lowest BCUT2D eigenvalue weighted by Crippen LogP contribution is -2.08. The third kappa shape index (κ3) is 4.06. The van der Waals surface area contributed by atoms with Crippen molar-refractivity contribution in [2.24, 2.45) is 0 Å². The van der Waals surface area contributed by atoms with Crippen LogP contribution in [-0.4, -0.2) is 21.8 Å². The van der Waals surface area contributed by atoms with Gasteiger partial charge in [0.25, 0.3) is 0 Å². The molecular formula is C11H10F3NO2S. The summed E-state index contributed by atoms with van der Waals surface area (Å²) in [6.07, 6.45) is -2.41. The summed E-state index contributed by atoms with van der Waals surface area (Å²) in [5.74, 6) is -0.621. The average molecular weight is 277 g/mol. The summed E-state index contributed by atoms with van der Waals surface area (Å²) < 4.78 is 37.4. The summed E-state index contributed by atoms with van der Waals surface area (Å²) in [5, 5.41) is 8.66. The Morgan fingerprint density at radius 2 is 2.17 bits per heavy atom. The number of carbonyl (C=O) groups is 1. The molecule has 0 aliphatic heterocycles. The number of hydrogen-bond acceptors (Lipinski definition) is 3. The zero-order chi connectivity index (χ0) is 13.8. The molecule has 3 nitrogen and oxygen atoms in total. The van der Waals surface area contributed by atoms with E-state index >= 15 is 0 Å². The topological polar surface area (TPSA) is 50.2 Å². The standard InChI is InChI=1S/C11H10F3NO2S/c1-2-18-10-7(4-6-9(16)17)3-5-8(15-10)11(12,13)14/h3-6H,2H2,1H3,(H,16,17). The first-order valence-corrected chi connectivity index (χ1v) is 5.95. The maximum Gasteiger partial charge on any atom is 0.433 e. The fourth-order valence-corrected chi connectivity index (χ4v) is 1.89. The predicted octanol–water partition coefficient (Wildman–Crippen LogP) is 3.31. The van der Waals surface area contributed by atoms with Gasteiger partial charge in [-0.25, -0.2) is 9.78 Å². The summed E-state index contributed by atoms with van der Waals surface area (Å²) in [6.45, 7) is 1.78. The maximum absolute atomic E-state index is 12.5. The Morgan fingerprint density at radius 1 is 1.50 bits per heavy atom. The van der Waals surface area contributed by atoms with Crippen LogP contribution in [0.2, 0.25) is 0 Å². The minimum Gasteiger partial charge on any atom is -0.478 e. The van der Waals surface area contributed by atoms with E-state index in [-0.39, 0.29) is 5.03 Å². The van der Waals surface area contributed by atoms with Gasteiger partial charge in [0.2, 0.25) is 0 Å². The summed E-state index contributed by atoms with van der Waals surface area (Å²) >= 11 is 1.13. The zero-order valence-electron chi connectivity index (χ0n) is 9.36. The van der Waals surface area contributed by atoms with Crippen LogP contribution in [0.3, 0.4) is 0 Å². The monoisotopic (exact) mass is 277 g/mol. The molecule has 0 aliphatic rings. The van der Waals surface area contributed by atoms with Crippen molar-refractivity contribution in [3.63, 3.8) is 0 Å². The van der Waals surface area contributed by atoms with Crippen molar-refractivity contribution in [2.75, 3.05) is 5.75 Å². The van der Waals surface area contributed by atoms with Gasteiger partial charge in [-0.1, -0.05) is 13.0 Å². The molecule has 0 fully saturated rings. The number of alkyl halides is 3. The van der Waals surface area contributed by atoms with Crippen LogP contribution in [0.5, 0.6) is 0 Å². The second-order valence-corrected chi connectivity index (χ2v) is 4.45. The molecule has 0 saturated heterocycles. The molecule has 1 aromatic rings. The Labute approximate surface area is 106 Å². The van der Waals surface area contributed by atoms with Gasteiger partial charge in [0.15, 0.2) is 0 Å². The lowest BCUT2D eigenvalue weighted by molar-refractivity contribution is -0.141. The molecule has 0 atom stereocenters. The predicted molar refractivity (Wildman–Crippen MR) is 62.3 cm³/mol. The fraction of sp³-hybridized carbons (Fsp3) is 0.273. The minimum atomic E-state index is -4.50. The van der Waals surface area contributed by atoms with Crippen molar-refractivity contribution in [3.8, 4) is 0 Å². The van der Waals surface area contributed by atoms with E-state index in [1.165, 1.54) is 12.1 Å². The van der Waals surface area contributed by atoms with Crippen LogP contribution < -0.4 is 0 Å². The van der Waals surface area contributed by atoms with Gasteiger partial charge in [-0.3, -0.25) is 0 Å². The molecule has 0 radical (unpaired) electrons. The summed E-state index contributed by atoms with van der Waals surface area (Å²) in [5.41, 5.74) is -0.622. The second kappa shape index (κ2) is 5.90. The molecule has 18 heavy (non-hydrogen) atoms. The lowest BCUT2D eigenvalue weighted by Gasteiger charge is -2.09. The normalized spacial score (nSPS) is 12.0. The van der Waals surface area contributed by atoms with Crippen molar-refractivity contribution < 1.29 is 23.1 Å². The van der Waals surface area contributed by atoms with Gasteiger partial charge in [-0.05, 0) is 17.9 Å². The number of pyridine rings is 1. The largest absolute Gasteiger partial charge is 0.478 e. The highest BCUT2D eigenvalue weighted by atomic mass is 32.2. The molecule has 98 valence electrons. The molecule has 0 bridgehead atoms. The van der Waals surface area contributed by atoms with Gasteiger partial charge < -0.3 is 5.11 Å². The van der Waals surface area contributed by atoms with Gasteiger partial charge in [0.1, 0.15) is 10.7 Å². The smallest absolute Gasteiger partial charge is 0.433 e. The fourth-order valence-electron chi connectivity index (χ4n) is 1.15. The second-order valence-electron chi connectivity index (χ2n) is 3.19. The van der Waals surface area contributed by atoms with E-state index in [0.29, 0.717) is 11.3 Å². The quantitative estimate of drug-likeness (QED) is 0.677. The molecule has 0 unspecified atom stereocenters. The summed E-state index contributed by atoms with van der Waals surface area (Å²) in [4.78, 5) is 13.9. The van der Waals surface area contributed by atoms with Crippen molar-refractivity contribution in [1.29, 1.82) is 0 Å². The third-order valence-electron chi connectivity index (χ3n) is 1.87. The zero-order valence-corrected chi connectivity index (χ0v) is 10.2. The SMILES string of the molecule is CCSc1nc(C(F)(F)F)ccc1C=CC(=O)O. The molecule has 1 rings (SSSR count). The van der Waals surface area contributed by atoms with Crippen LogP contribution in [0.15, 0.2) is 23.2 Å². The number of aliphatic carboxylic acids is 1. The van der Waals surface area contributed by atoms with E-state index in [4.69, 9.17) is 5.11 Å². The van der Waals surface area contributed by atoms with Crippen LogP contribution in [0.4, 0.5) is 13.2 Å². The molecule has 7 heteroatoms.